The summed E-state index contributed by atoms with van der Waals surface area (Å²) >= 11 is 7.68. The molecule has 4 nitrogen and oxygen atoms in total. The Morgan fingerprint density at radius 1 is 1.48 bits per heavy atom. The normalized spacial score (nSPS) is 32.2. The Hall–Kier alpha value is -0.910. The third kappa shape index (κ3) is 3.15. The fourth-order valence-electron chi connectivity index (χ4n) is 3.04. The average Bonchev–Trinajstić information content (AvgIpc) is 2.87. The van der Waals surface area contributed by atoms with E-state index < -0.39 is 12.0 Å². The summed E-state index contributed by atoms with van der Waals surface area (Å²) in [5.41, 5.74) is 0. The van der Waals surface area contributed by atoms with E-state index in [9.17, 15) is 9.90 Å². The fraction of sp³-hybridized carbons (Fsp3) is 0.533. The maximum Gasteiger partial charge on any atom is 0.321 e. The number of carboxylic acids is 1. The highest BCUT2D eigenvalue weighted by Crippen LogP contribution is 2.44. The number of carbonyl (C=O) groups is 1. The second kappa shape index (κ2) is 6.07. The maximum atomic E-state index is 11.2. The van der Waals surface area contributed by atoms with Crippen molar-refractivity contribution in [1.29, 1.82) is 0 Å². The molecule has 21 heavy (non-hydrogen) atoms. The molecule has 2 aliphatic rings. The van der Waals surface area contributed by atoms with E-state index in [2.05, 4.69) is 5.32 Å². The molecule has 1 aliphatic heterocycles. The minimum absolute atomic E-state index is 0.0286. The van der Waals surface area contributed by atoms with Crippen molar-refractivity contribution >= 4 is 29.3 Å². The number of aliphatic carboxylic acids is 1. The van der Waals surface area contributed by atoms with Crippen LogP contribution in [-0.2, 0) is 4.79 Å². The monoisotopic (exact) mass is 327 g/mol. The molecule has 0 bridgehead atoms. The van der Waals surface area contributed by atoms with Crippen LogP contribution in [0.2, 0.25) is 5.02 Å². The molecule has 0 amide bonds. The first-order valence-electron chi connectivity index (χ1n) is 7.16. The second-order valence-electron chi connectivity index (χ2n) is 5.55. The van der Waals surface area contributed by atoms with Crippen molar-refractivity contribution < 1.29 is 14.6 Å². The summed E-state index contributed by atoms with van der Waals surface area (Å²) in [6.45, 7) is 0. The number of rotatable bonds is 3. The van der Waals surface area contributed by atoms with Gasteiger partial charge in [-0.2, -0.15) is 0 Å². The number of ether oxygens (including phenoxy) is 1. The molecule has 114 valence electrons. The summed E-state index contributed by atoms with van der Waals surface area (Å²) < 4.78 is 6.14. The Labute approximate surface area is 133 Å². The van der Waals surface area contributed by atoms with E-state index in [1.807, 2.05) is 18.2 Å². The van der Waals surface area contributed by atoms with Crippen LogP contribution in [0.15, 0.2) is 24.3 Å². The Morgan fingerprint density at radius 3 is 3.05 bits per heavy atom. The predicted octanol–water partition coefficient (Wildman–Crippen LogP) is 3.15. The molecular weight excluding hydrogens is 310 g/mol. The van der Waals surface area contributed by atoms with Gasteiger partial charge in [-0.05, 0) is 37.5 Å². The fourth-order valence-corrected chi connectivity index (χ4v) is 4.78. The minimum atomic E-state index is -0.786. The first kappa shape index (κ1) is 15.0. The van der Waals surface area contributed by atoms with E-state index >= 15 is 0 Å². The lowest BCUT2D eigenvalue weighted by Gasteiger charge is -2.40. The van der Waals surface area contributed by atoms with Gasteiger partial charge in [-0.25, -0.2) is 0 Å². The van der Waals surface area contributed by atoms with Crippen LogP contribution < -0.4 is 10.1 Å². The number of halogens is 1. The molecule has 3 rings (SSSR count). The SMILES string of the molecule is O=C(O)C1CSC2(CCCCC2Oc2cccc(Cl)c2)N1. The van der Waals surface area contributed by atoms with Crippen molar-refractivity contribution in [1.82, 2.24) is 5.32 Å². The molecule has 1 saturated carbocycles. The van der Waals surface area contributed by atoms with Crippen LogP contribution in [0.3, 0.4) is 0 Å². The van der Waals surface area contributed by atoms with Gasteiger partial charge >= 0.3 is 5.97 Å². The van der Waals surface area contributed by atoms with Crippen LogP contribution in [0, 0.1) is 0 Å². The number of nitrogens with one attached hydrogen (secondary N) is 1. The summed E-state index contributed by atoms with van der Waals surface area (Å²) in [6.07, 6.45) is 4.04. The zero-order chi connectivity index (χ0) is 14.9. The predicted molar refractivity (Wildman–Crippen MR) is 84.1 cm³/mol. The maximum absolute atomic E-state index is 11.2. The Kier molecular flexibility index (Phi) is 4.33. The first-order valence-corrected chi connectivity index (χ1v) is 8.52. The molecule has 0 aromatic heterocycles. The van der Waals surface area contributed by atoms with Gasteiger partial charge in [0.2, 0.25) is 0 Å². The van der Waals surface area contributed by atoms with E-state index in [0.29, 0.717) is 10.8 Å². The largest absolute Gasteiger partial charge is 0.488 e. The molecule has 1 spiro atoms. The standard InChI is InChI=1S/C15H18ClNO3S/c16-10-4-3-5-11(8-10)20-13-6-1-2-7-15(13)17-12(9-21-15)14(18)19/h3-5,8,12-13,17H,1-2,6-7,9H2,(H,18,19). The molecule has 2 N–H and O–H groups in total. The van der Waals surface area contributed by atoms with E-state index in [1.54, 1.807) is 17.8 Å². The van der Waals surface area contributed by atoms with Crippen molar-refractivity contribution in [2.24, 2.45) is 0 Å². The Bertz CT molecular complexity index is 541. The van der Waals surface area contributed by atoms with Crippen LogP contribution in [0.4, 0.5) is 0 Å². The first-order chi connectivity index (χ1) is 10.1. The Balaban J connectivity index is 1.77. The molecule has 1 aromatic carbocycles. The average molecular weight is 328 g/mol. The van der Waals surface area contributed by atoms with Crippen molar-refractivity contribution in [3.05, 3.63) is 29.3 Å². The summed E-state index contributed by atoms with van der Waals surface area (Å²) in [5, 5.41) is 13.1. The lowest BCUT2D eigenvalue weighted by Crippen LogP contribution is -2.56. The number of hydrogen-bond acceptors (Lipinski definition) is 4. The van der Waals surface area contributed by atoms with Crippen molar-refractivity contribution in [2.75, 3.05) is 5.75 Å². The summed E-state index contributed by atoms with van der Waals surface area (Å²) in [6, 6.07) is 6.88. The van der Waals surface area contributed by atoms with Crippen LogP contribution >= 0.6 is 23.4 Å². The number of thioether (sulfide) groups is 1. The molecular formula is C15H18ClNO3S. The molecule has 3 unspecified atom stereocenters. The van der Waals surface area contributed by atoms with E-state index in [4.69, 9.17) is 16.3 Å². The van der Waals surface area contributed by atoms with Gasteiger partial charge in [-0.3, -0.25) is 10.1 Å². The molecule has 1 aliphatic carbocycles. The van der Waals surface area contributed by atoms with Gasteiger partial charge in [0.15, 0.2) is 0 Å². The van der Waals surface area contributed by atoms with Gasteiger partial charge < -0.3 is 9.84 Å². The Morgan fingerprint density at radius 2 is 2.33 bits per heavy atom. The molecule has 1 aromatic rings. The second-order valence-corrected chi connectivity index (χ2v) is 7.33. The van der Waals surface area contributed by atoms with Crippen molar-refractivity contribution in [3.63, 3.8) is 0 Å². The third-order valence-corrected chi connectivity index (χ3v) is 5.92. The molecule has 1 heterocycles. The topological polar surface area (TPSA) is 58.6 Å². The van der Waals surface area contributed by atoms with Gasteiger partial charge in [0.25, 0.3) is 0 Å². The van der Waals surface area contributed by atoms with Gasteiger partial charge in [0.05, 0.1) is 0 Å². The van der Waals surface area contributed by atoms with Crippen LogP contribution in [0.1, 0.15) is 25.7 Å². The number of benzene rings is 1. The molecule has 0 radical (unpaired) electrons. The summed E-state index contributed by atoms with van der Waals surface area (Å²) in [7, 11) is 0. The van der Waals surface area contributed by atoms with E-state index in [-0.39, 0.29) is 11.0 Å². The lowest BCUT2D eigenvalue weighted by atomic mass is 9.91. The molecule has 1 saturated heterocycles. The minimum Gasteiger partial charge on any atom is -0.488 e. The number of hydrogen-bond donors (Lipinski definition) is 2. The zero-order valence-electron chi connectivity index (χ0n) is 11.5. The van der Waals surface area contributed by atoms with Gasteiger partial charge in [0.1, 0.15) is 22.8 Å². The zero-order valence-corrected chi connectivity index (χ0v) is 13.1. The smallest absolute Gasteiger partial charge is 0.321 e. The highest BCUT2D eigenvalue weighted by atomic mass is 35.5. The molecule has 6 heteroatoms. The highest BCUT2D eigenvalue weighted by Gasteiger charge is 2.49. The quantitative estimate of drug-likeness (QED) is 0.893. The summed E-state index contributed by atoms with van der Waals surface area (Å²) in [4.78, 5) is 10.9. The van der Waals surface area contributed by atoms with Gasteiger partial charge in [-0.15, -0.1) is 11.8 Å². The molecule has 2 fully saturated rings. The summed E-state index contributed by atoms with van der Waals surface area (Å²) in [5.74, 6) is 0.548. The number of carboxylic acid groups (broad SMARTS) is 1. The van der Waals surface area contributed by atoms with Crippen molar-refractivity contribution in [2.45, 2.75) is 42.7 Å². The third-order valence-electron chi connectivity index (χ3n) is 4.08. The van der Waals surface area contributed by atoms with Crippen molar-refractivity contribution in [3.8, 4) is 5.75 Å². The van der Waals surface area contributed by atoms with E-state index in [0.717, 1.165) is 31.4 Å². The lowest BCUT2D eigenvalue weighted by molar-refractivity contribution is -0.139. The van der Waals surface area contributed by atoms with Crippen LogP contribution in [-0.4, -0.2) is 33.8 Å². The highest BCUT2D eigenvalue weighted by molar-refractivity contribution is 8.01. The van der Waals surface area contributed by atoms with E-state index in [1.165, 1.54) is 0 Å². The van der Waals surface area contributed by atoms with Crippen LogP contribution in [0.25, 0.3) is 0 Å². The van der Waals surface area contributed by atoms with Crippen LogP contribution in [0.5, 0.6) is 5.75 Å². The van der Waals surface area contributed by atoms with Gasteiger partial charge in [-0.1, -0.05) is 24.1 Å². The van der Waals surface area contributed by atoms with Gasteiger partial charge in [0, 0.05) is 10.8 Å². The molecule has 3 atom stereocenters.